The molecule has 0 fully saturated rings. The van der Waals surface area contributed by atoms with Gasteiger partial charge in [0, 0.05) is 25.2 Å². The van der Waals surface area contributed by atoms with Crippen LogP contribution < -0.4 is 20.5 Å². The largest absolute Gasteiger partial charge is 0.362 e. The van der Waals surface area contributed by atoms with Crippen molar-refractivity contribution in [2.24, 2.45) is 0 Å². The van der Waals surface area contributed by atoms with Gasteiger partial charge in [0.15, 0.2) is 0 Å². The Hall–Kier alpha value is -2.91. The van der Waals surface area contributed by atoms with Crippen LogP contribution >= 0.6 is 0 Å². The predicted molar refractivity (Wildman–Crippen MR) is 114 cm³/mol. The van der Waals surface area contributed by atoms with Gasteiger partial charge in [-0.1, -0.05) is 35.9 Å². The van der Waals surface area contributed by atoms with E-state index in [1.165, 1.54) is 17.7 Å². The molecule has 30 heavy (non-hydrogen) atoms. The summed E-state index contributed by atoms with van der Waals surface area (Å²) in [5.41, 5.74) is 7.92. The van der Waals surface area contributed by atoms with E-state index in [9.17, 15) is 18.0 Å². The molecule has 8 nitrogen and oxygen atoms in total. The van der Waals surface area contributed by atoms with Crippen molar-refractivity contribution in [1.29, 1.82) is 0 Å². The molecule has 0 radical (unpaired) electrons. The first-order chi connectivity index (χ1) is 14.3. The topological polar surface area (TPSA) is 108 Å². The summed E-state index contributed by atoms with van der Waals surface area (Å²) in [5, 5.41) is 0. The number of nitrogens with zero attached hydrogens (tertiary/aromatic N) is 1. The fraction of sp³-hybridized carbons (Fsp3) is 0.333. The molecule has 0 bridgehead atoms. The Balaban J connectivity index is 1.41. The van der Waals surface area contributed by atoms with Crippen molar-refractivity contribution in [3.8, 4) is 0 Å². The van der Waals surface area contributed by atoms with E-state index in [1.54, 1.807) is 12.1 Å². The summed E-state index contributed by atoms with van der Waals surface area (Å²) in [6, 6.07) is 14.4. The molecule has 0 saturated heterocycles. The van der Waals surface area contributed by atoms with Gasteiger partial charge >= 0.3 is 0 Å². The highest BCUT2D eigenvalue weighted by atomic mass is 32.2. The molecular formula is C21H26N4O4S. The zero-order valence-corrected chi connectivity index (χ0v) is 17.7. The van der Waals surface area contributed by atoms with Crippen LogP contribution in [0.4, 0.5) is 5.69 Å². The van der Waals surface area contributed by atoms with Crippen LogP contribution in [-0.2, 0) is 26.0 Å². The average Bonchev–Trinajstić information content (AvgIpc) is 2.73. The highest BCUT2D eigenvalue weighted by molar-refractivity contribution is 7.89. The van der Waals surface area contributed by atoms with Gasteiger partial charge in [-0.2, -0.15) is 0 Å². The Morgan fingerprint density at radius 1 is 1.00 bits per heavy atom. The molecule has 2 aromatic rings. The first-order valence-electron chi connectivity index (χ1n) is 9.82. The number of nitrogens with one attached hydrogen (secondary N) is 3. The fourth-order valence-electron chi connectivity index (χ4n) is 3.29. The summed E-state index contributed by atoms with van der Waals surface area (Å²) in [6.07, 6.45) is 1.86. The lowest BCUT2D eigenvalue weighted by atomic mass is 10.0. The third-order valence-electron chi connectivity index (χ3n) is 4.86. The van der Waals surface area contributed by atoms with Crippen LogP contribution in [0.1, 0.15) is 24.0 Å². The molecule has 160 valence electrons. The minimum atomic E-state index is -3.68. The summed E-state index contributed by atoms with van der Waals surface area (Å²) in [5.74, 6) is -0.811. The summed E-state index contributed by atoms with van der Waals surface area (Å²) in [6.45, 7) is 2.71. The maximum atomic E-state index is 12.2. The van der Waals surface area contributed by atoms with Crippen LogP contribution in [0.5, 0.6) is 0 Å². The van der Waals surface area contributed by atoms with Gasteiger partial charge in [-0.3, -0.25) is 20.4 Å². The van der Waals surface area contributed by atoms with E-state index in [4.69, 9.17) is 0 Å². The number of sulfonamides is 1. The number of hydrogen-bond donors (Lipinski definition) is 3. The highest BCUT2D eigenvalue weighted by Crippen LogP contribution is 2.26. The lowest BCUT2D eigenvalue weighted by Gasteiger charge is -2.30. The van der Waals surface area contributed by atoms with Crippen LogP contribution in [0.3, 0.4) is 0 Å². The van der Waals surface area contributed by atoms with Gasteiger partial charge in [-0.25, -0.2) is 13.1 Å². The molecule has 0 atom stereocenters. The summed E-state index contributed by atoms with van der Waals surface area (Å²) in [4.78, 5) is 26.2. The van der Waals surface area contributed by atoms with Gasteiger partial charge in [0.25, 0.3) is 5.91 Å². The normalized spacial score (nSPS) is 13.4. The number of para-hydroxylation sites is 1. The Morgan fingerprint density at radius 2 is 1.70 bits per heavy atom. The van der Waals surface area contributed by atoms with Gasteiger partial charge in [0.2, 0.25) is 15.9 Å². The lowest BCUT2D eigenvalue weighted by molar-refractivity contribution is -0.128. The molecule has 0 aliphatic carbocycles. The predicted octanol–water partition coefficient (Wildman–Crippen LogP) is 1.26. The molecule has 0 unspecified atom stereocenters. The van der Waals surface area contributed by atoms with Crippen molar-refractivity contribution in [2.45, 2.75) is 31.1 Å². The molecule has 3 rings (SSSR count). The average molecular weight is 431 g/mol. The molecule has 0 spiro atoms. The number of hydrazine groups is 1. The Morgan fingerprint density at radius 3 is 2.47 bits per heavy atom. The van der Waals surface area contributed by atoms with E-state index < -0.39 is 15.9 Å². The molecule has 0 aromatic heterocycles. The zero-order chi connectivity index (χ0) is 21.6. The Kier molecular flexibility index (Phi) is 7.07. The number of carbonyl (C=O) groups is 2. The number of benzene rings is 2. The van der Waals surface area contributed by atoms with Crippen molar-refractivity contribution < 1.29 is 18.0 Å². The van der Waals surface area contributed by atoms with Crippen LogP contribution in [-0.4, -0.2) is 39.9 Å². The van der Waals surface area contributed by atoms with Crippen molar-refractivity contribution in [3.63, 3.8) is 0 Å². The summed E-state index contributed by atoms with van der Waals surface area (Å²) >= 11 is 0. The van der Waals surface area contributed by atoms with Crippen LogP contribution in [0, 0.1) is 6.92 Å². The second-order valence-electron chi connectivity index (χ2n) is 7.21. The molecule has 9 heteroatoms. The van der Waals surface area contributed by atoms with Gasteiger partial charge in [0.1, 0.15) is 0 Å². The molecule has 2 aromatic carbocycles. The fourth-order valence-corrected chi connectivity index (χ4v) is 4.32. The number of hydrogen-bond acceptors (Lipinski definition) is 5. The number of fused-ring (bicyclic) bond motifs is 1. The van der Waals surface area contributed by atoms with Gasteiger partial charge < -0.3 is 4.90 Å². The SMILES string of the molecule is Cc1ccc(S(=O)(=O)NCCC(=O)NNC(=O)CN2CCCc3ccccc32)cc1. The number of amides is 2. The number of anilines is 1. The molecule has 3 N–H and O–H groups in total. The quantitative estimate of drug-likeness (QED) is 0.574. The first-order valence-corrected chi connectivity index (χ1v) is 11.3. The smallest absolute Gasteiger partial charge is 0.257 e. The number of rotatable bonds is 7. The van der Waals surface area contributed by atoms with E-state index in [1.807, 2.05) is 30.0 Å². The summed E-state index contributed by atoms with van der Waals surface area (Å²) < 4.78 is 26.8. The molecule has 1 heterocycles. The molecule has 1 aliphatic heterocycles. The van der Waals surface area contributed by atoms with Crippen LogP contribution in [0.25, 0.3) is 0 Å². The molecule has 1 aliphatic rings. The molecular weight excluding hydrogens is 404 g/mol. The Labute approximate surface area is 176 Å². The first kappa shape index (κ1) is 21.8. The maximum absolute atomic E-state index is 12.2. The molecule has 2 amide bonds. The van der Waals surface area contributed by atoms with Crippen molar-refractivity contribution in [2.75, 3.05) is 24.5 Å². The van der Waals surface area contributed by atoms with Gasteiger partial charge in [-0.15, -0.1) is 0 Å². The number of aryl methyl sites for hydroxylation is 2. The van der Waals surface area contributed by atoms with Crippen molar-refractivity contribution >= 4 is 27.5 Å². The number of carbonyl (C=O) groups excluding carboxylic acids is 2. The van der Waals surface area contributed by atoms with E-state index in [2.05, 4.69) is 21.6 Å². The van der Waals surface area contributed by atoms with E-state index in [0.29, 0.717) is 0 Å². The second-order valence-corrected chi connectivity index (χ2v) is 8.98. The lowest BCUT2D eigenvalue weighted by Crippen LogP contribution is -2.47. The van der Waals surface area contributed by atoms with E-state index in [-0.39, 0.29) is 30.3 Å². The van der Waals surface area contributed by atoms with Gasteiger partial charge in [-0.05, 0) is 43.5 Å². The highest BCUT2D eigenvalue weighted by Gasteiger charge is 2.19. The van der Waals surface area contributed by atoms with Crippen molar-refractivity contribution in [3.05, 3.63) is 59.7 Å². The Bertz CT molecular complexity index is 1010. The van der Waals surface area contributed by atoms with Crippen molar-refractivity contribution in [1.82, 2.24) is 15.6 Å². The second kappa shape index (κ2) is 9.73. The van der Waals surface area contributed by atoms with Crippen LogP contribution in [0.2, 0.25) is 0 Å². The maximum Gasteiger partial charge on any atom is 0.257 e. The minimum absolute atomic E-state index is 0.0720. The molecule has 0 saturated carbocycles. The summed E-state index contributed by atoms with van der Waals surface area (Å²) in [7, 11) is -3.68. The van der Waals surface area contributed by atoms with Gasteiger partial charge in [0.05, 0.1) is 11.4 Å². The zero-order valence-electron chi connectivity index (χ0n) is 16.8. The van der Waals surface area contributed by atoms with E-state index >= 15 is 0 Å². The standard InChI is InChI=1S/C21H26N4O4S/c1-16-8-10-18(11-9-16)30(28,29)22-13-12-20(26)23-24-21(27)15-25-14-4-6-17-5-2-3-7-19(17)25/h2-3,5,7-11,22H,4,6,12-15H2,1H3,(H,23,26)(H,24,27). The minimum Gasteiger partial charge on any atom is -0.362 e. The monoisotopic (exact) mass is 430 g/mol. The third-order valence-corrected chi connectivity index (χ3v) is 6.33. The third kappa shape index (κ3) is 5.80. The van der Waals surface area contributed by atoms with E-state index in [0.717, 1.165) is 30.6 Å². The van der Waals surface area contributed by atoms with Crippen LogP contribution in [0.15, 0.2) is 53.4 Å².